The maximum absolute atomic E-state index is 13.2. The predicted octanol–water partition coefficient (Wildman–Crippen LogP) is 3.48. The highest BCUT2D eigenvalue weighted by molar-refractivity contribution is 5.96. The van der Waals surface area contributed by atoms with Gasteiger partial charge in [-0.05, 0) is 61.6 Å². The highest BCUT2D eigenvalue weighted by Gasteiger charge is 2.34. The molecular weight excluding hydrogens is 402 g/mol. The molecule has 2 aliphatic rings. The zero-order chi connectivity index (χ0) is 22.7. The van der Waals surface area contributed by atoms with Crippen LogP contribution in [0.25, 0.3) is 0 Å². The minimum Gasteiger partial charge on any atom is -0.493 e. The number of carbonyl (C=O) groups is 1. The van der Waals surface area contributed by atoms with E-state index in [0.717, 1.165) is 69.2 Å². The van der Waals surface area contributed by atoms with Crippen molar-refractivity contribution < 1.29 is 14.3 Å². The van der Waals surface area contributed by atoms with E-state index >= 15 is 0 Å². The molecule has 2 aromatic rings. The second-order valence-corrected chi connectivity index (χ2v) is 9.34. The maximum Gasteiger partial charge on any atom is 0.254 e. The summed E-state index contributed by atoms with van der Waals surface area (Å²) in [6.07, 6.45) is 1.96. The van der Waals surface area contributed by atoms with Gasteiger partial charge in [-0.25, -0.2) is 0 Å². The van der Waals surface area contributed by atoms with Crippen LogP contribution in [0.4, 0.5) is 0 Å². The highest BCUT2D eigenvalue weighted by Crippen LogP contribution is 2.35. The maximum atomic E-state index is 13.2. The summed E-state index contributed by atoms with van der Waals surface area (Å²) in [5, 5.41) is 3.32. The molecule has 0 radical (unpaired) electrons. The van der Waals surface area contributed by atoms with Crippen molar-refractivity contribution in [3.05, 3.63) is 58.7 Å². The molecular formula is C26H35N3O3. The Morgan fingerprint density at radius 2 is 1.78 bits per heavy atom. The number of hydrogen-bond donors (Lipinski definition) is 1. The second-order valence-electron chi connectivity index (χ2n) is 9.34. The summed E-state index contributed by atoms with van der Waals surface area (Å²) in [7, 11) is 3.33. The zero-order valence-corrected chi connectivity index (χ0v) is 19.7. The van der Waals surface area contributed by atoms with Crippen LogP contribution in [0.2, 0.25) is 0 Å². The van der Waals surface area contributed by atoms with Gasteiger partial charge in [-0.15, -0.1) is 0 Å². The van der Waals surface area contributed by atoms with Crippen LogP contribution in [0.15, 0.2) is 36.4 Å². The molecule has 0 unspecified atom stereocenters. The average molecular weight is 438 g/mol. The van der Waals surface area contributed by atoms with E-state index in [1.807, 2.05) is 23.1 Å². The number of rotatable bonds is 7. The van der Waals surface area contributed by atoms with Gasteiger partial charge in [-0.1, -0.05) is 18.2 Å². The summed E-state index contributed by atoms with van der Waals surface area (Å²) in [5.74, 6) is 1.70. The molecule has 1 fully saturated rings. The van der Waals surface area contributed by atoms with Crippen LogP contribution in [0.5, 0.6) is 11.5 Å². The number of aryl methyl sites for hydroxylation is 1. The monoisotopic (exact) mass is 437 g/mol. The lowest BCUT2D eigenvalue weighted by atomic mass is 9.93. The SMILES string of the molecule is COc1ccc(CCC(C)(C)N2Cc3cccc(C(=O)N4CCNCC4)c3C2)cc1OC. The molecule has 6 nitrogen and oxygen atoms in total. The molecule has 1 N–H and O–H groups in total. The number of ether oxygens (including phenoxy) is 2. The van der Waals surface area contributed by atoms with E-state index in [1.165, 1.54) is 16.7 Å². The summed E-state index contributed by atoms with van der Waals surface area (Å²) in [5.41, 5.74) is 4.60. The quantitative estimate of drug-likeness (QED) is 0.719. The number of nitrogens with one attached hydrogen (secondary N) is 1. The minimum absolute atomic E-state index is 0.00153. The van der Waals surface area contributed by atoms with Gasteiger partial charge >= 0.3 is 0 Å². The Bertz CT molecular complexity index is 967. The summed E-state index contributed by atoms with van der Waals surface area (Å²) >= 11 is 0. The van der Waals surface area contributed by atoms with Crippen LogP contribution >= 0.6 is 0 Å². The fourth-order valence-electron chi connectivity index (χ4n) is 4.73. The van der Waals surface area contributed by atoms with Crippen LogP contribution in [0.3, 0.4) is 0 Å². The smallest absolute Gasteiger partial charge is 0.254 e. The van der Waals surface area contributed by atoms with Crippen molar-refractivity contribution in [1.29, 1.82) is 0 Å². The molecule has 2 heterocycles. The average Bonchev–Trinajstić information content (AvgIpc) is 3.28. The Hall–Kier alpha value is -2.57. The van der Waals surface area contributed by atoms with Gasteiger partial charge in [0.05, 0.1) is 14.2 Å². The Morgan fingerprint density at radius 3 is 2.50 bits per heavy atom. The molecule has 32 heavy (non-hydrogen) atoms. The number of nitrogens with zero attached hydrogens (tertiary/aromatic N) is 2. The Balaban J connectivity index is 1.45. The minimum atomic E-state index is 0.00153. The molecule has 4 rings (SSSR count). The number of piperazine rings is 1. The van der Waals surface area contributed by atoms with Crippen molar-refractivity contribution in [2.45, 2.75) is 45.3 Å². The first kappa shape index (κ1) is 22.6. The molecule has 6 heteroatoms. The third-order valence-corrected chi connectivity index (χ3v) is 6.95. The van der Waals surface area contributed by atoms with Crippen LogP contribution in [-0.4, -0.2) is 61.6 Å². The molecule has 0 atom stereocenters. The van der Waals surface area contributed by atoms with E-state index in [0.29, 0.717) is 0 Å². The Labute approximate surface area is 191 Å². The Morgan fingerprint density at radius 1 is 1.03 bits per heavy atom. The van der Waals surface area contributed by atoms with Crippen LogP contribution in [0.1, 0.15) is 47.3 Å². The van der Waals surface area contributed by atoms with E-state index in [2.05, 4.69) is 42.3 Å². The second kappa shape index (κ2) is 9.51. The van der Waals surface area contributed by atoms with E-state index in [1.54, 1.807) is 14.2 Å². The number of hydrogen-bond acceptors (Lipinski definition) is 5. The van der Waals surface area contributed by atoms with Gasteiger partial charge in [0.1, 0.15) is 0 Å². The van der Waals surface area contributed by atoms with Crippen molar-refractivity contribution in [2.75, 3.05) is 40.4 Å². The van der Waals surface area contributed by atoms with Crippen molar-refractivity contribution in [3.63, 3.8) is 0 Å². The van der Waals surface area contributed by atoms with Crippen molar-refractivity contribution >= 4 is 5.91 Å². The fourth-order valence-corrected chi connectivity index (χ4v) is 4.73. The zero-order valence-electron chi connectivity index (χ0n) is 19.7. The van der Waals surface area contributed by atoms with Crippen molar-refractivity contribution in [1.82, 2.24) is 15.1 Å². The van der Waals surface area contributed by atoms with Crippen molar-refractivity contribution in [3.8, 4) is 11.5 Å². The van der Waals surface area contributed by atoms with E-state index in [4.69, 9.17) is 9.47 Å². The molecule has 0 saturated carbocycles. The normalized spacial score (nSPS) is 16.7. The summed E-state index contributed by atoms with van der Waals surface area (Å²) in [6, 6.07) is 12.4. The third kappa shape index (κ3) is 4.62. The molecule has 0 aliphatic carbocycles. The van der Waals surface area contributed by atoms with Gasteiger partial charge in [0.2, 0.25) is 0 Å². The van der Waals surface area contributed by atoms with Crippen LogP contribution in [0, 0.1) is 0 Å². The van der Waals surface area contributed by atoms with E-state index < -0.39 is 0 Å². The number of methoxy groups -OCH3 is 2. The highest BCUT2D eigenvalue weighted by atomic mass is 16.5. The first-order chi connectivity index (χ1) is 15.4. The van der Waals surface area contributed by atoms with Crippen LogP contribution in [-0.2, 0) is 19.5 Å². The number of benzene rings is 2. The van der Waals surface area contributed by atoms with Gasteiger partial charge in [0.25, 0.3) is 5.91 Å². The predicted molar refractivity (Wildman–Crippen MR) is 126 cm³/mol. The summed E-state index contributed by atoms with van der Waals surface area (Å²) in [6.45, 7) is 9.62. The van der Waals surface area contributed by atoms with Gasteiger partial charge in [0, 0.05) is 50.4 Å². The van der Waals surface area contributed by atoms with E-state index in [-0.39, 0.29) is 11.4 Å². The third-order valence-electron chi connectivity index (χ3n) is 6.95. The first-order valence-corrected chi connectivity index (χ1v) is 11.5. The Kier molecular flexibility index (Phi) is 6.72. The number of carbonyl (C=O) groups excluding carboxylic acids is 1. The molecule has 1 amide bonds. The standard InChI is InChI=1S/C26H35N3O3/c1-26(2,11-10-19-8-9-23(31-3)24(16-19)32-4)29-17-20-6-5-7-21(22(20)18-29)25(30)28-14-12-27-13-15-28/h5-9,16,27H,10-15,17-18H2,1-4H3. The lowest BCUT2D eigenvalue weighted by molar-refractivity contribution is 0.0731. The van der Waals surface area contributed by atoms with Gasteiger partial charge in [0.15, 0.2) is 11.5 Å². The van der Waals surface area contributed by atoms with E-state index in [9.17, 15) is 4.79 Å². The van der Waals surface area contributed by atoms with Crippen LogP contribution < -0.4 is 14.8 Å². The number of fused-ring (bicyclic) bond motifs is 1. The molecule has 1 saturated heterocycles. The molecule has 2 aliphatic heterocycles. The number of amides is 1. The molecule has 0 aromatic heterocycles. The fraction of sp³-hybridized carbons (Fsp3) is 0.500. The molecule has 0 spiro atoms. The topological polar surface area (TPSA) is 54.0 Å². The van der Waals surface area contributed by atoms with Gasteiger partial charge < -0.3 is 19.7 Å². The molecule has 172 valence electrons. The molecule has 2 aromatic carbocycles. The lowest BCUT2D eigenvalue weighted by Gasteiger charge is -2.36. The van der Waals surface area contributed by atoms with Gasteiger partial charge in [-0.2, -0.15) is 0 Å². The lowest BCUT2D eigenvalue weighted by Crippen LogP contribution is -2.46. The summed E-state index contributed by atoms with van der Waals surface area (Å²) in [4.78, 5) is 17.7. The largest absolute Gasteiger partial charge is 0.493 e. The summed E-state index contributed by atoms with van der Waals surface area (Å²) < 4.78 is 10.8. The van der Waals surface area contributed by atoms with Gasteiger partial charge in [-0.3, -0.25) is 9.69 Å². The first-order valence-electron chi connectivity index (χ1n) is 11.5. The van der Waals surface area contributed by atoms with Crippen molar-refractivity contribution in [2.24, 2.45) is 0 Å². The molecule has 0 bridgehead atoms.